The summed E-state index contributed by atoms with van der Waals surface area (Å²) in [7, 11) is 2.16. The van der Waals surface area contributed by atoms with Crippen molar-refractivity contribution in [1.82, 2.24) is 25.5 Å². The van der Waals surface area contributed by atoms with Gasteiger partial charge in [0.1, 0.15) is 12.4 Å². The Kier molecular flexibility index (Phi) is 8.00. The number of nitrogens with one attached hydrogen (secondary N) is 2. The minimum atomic E-state index is -0.0809. The third-order valence-corrected chi connectivity index (χ3v) is 9.94. The van der Waals surface area contributed by atoms with E-state index in [2.05, 4.69) is 80.5 Å². The molecule has 0 spiro atoms. The molecule has 3 fully saturated rings. The number of likely N-dealkylation sites (N-methyl/N-ethyl adjacent to an activating group) is 1. The van der Waals surface area contributed by atoms with E-state index in [-0.39, 0.29) is 23.9 Å². The van der Waals surface area contributed by atoms with E-state index < -0.39 is 0 Å². The zero-order chi connectivity index (χ0) is 30.2. The molecule has 4 atom stereocenters. The van der Waals surface area contributed by atoms with Crippen LogP contribution in [0.25, 0.3) is 15.6 Å². The molecule has 1 aromatic heterocycles. The van der Waals surface area contributed by atoms with Gasteiger partial charge in [-0.05, 0) is 63.2 Å². The molecule has 0 bridgehead atoms. The highest BCUT2D eigenvalue weighted by atomic mass is 16.5. The van der Waals surface area contributed by atoms with Crippen LogP contribution >= 0.6 is 0 Å². The Balaban J connectivity index is 1.19. The van der Waals surface area contributed by atoms with Gasteiger partial charge in [-0.2, -0.15) is 9.97 Å². The normalized spacial score (nSPS) is 25.0. The van der Waals surface area contributed by atoms with Gasteiger partial charge < -0.3 is 34.9 Å². The number of rotatable bonds is 8. The quantitative estimate of drug-likeness (QED) is 0.303. The van der Waals surface area contributed by atoms with Gasteiger partial charge >= 0.3 is 6.01 Å². The summed E-state index contributed by atoms with van der Waals surface area (Å²) in [6.07, 6.45) is 3.92. The van der Waals surface area contributed by atoms with Crippen molar-refractivity contribution in [2.75, 3.05) is 62.7 Å². The number of ether oxygens (including phenoxy) is 1. The number of hydrogen-bond acceptors (Lipinski definition) is 8. The molecule has 3 aromatic rings. The second-order valence-electron chi connectivity index (χ2n) is 12.9. The van der Waals surface area contributed by atoms with Crippen LogP contribution in [-0.4, -0.2) is 91.8 Å². The first-order chi connectivity index (χ1) is 21.5. The third kappa shape index (κ3) is 5.78. The molecule has 2 N–H and O–H groups in total. The molecule has 230 valence electrons. The number of carbonyl (C=O) groups is 1. The summed E-state index contributed by atoms with van der Waals surface area (Å²) in [4.78, 5) is 33.5. The number of likely N-dealkylation sites (tertiary alicyclic amines) is 1. The molecule has 10 heteroatoms. The Hall–Kier alpha value is -3.94. The fraction of sp³-hybridized carbons (Fsp3) is 0.529. The Labute approximate surface area is 259 Å². The summed E-state index contributed by atoms with van der Waals surface area (Å²) in [5, 5.41) is 8.85. The van der Waals surface area contributed by atoms with Crippen LogP contribution in [0.5, 0.6) is 6.01 Å². The molecule has 0 saturated carbocycles. The largest absolute Gasteiger partial charge is 0.462 e. The maximum Gasteiger partial charge on any atom is 0.318 e. The van der Waals surface area contributed by atoms with Crippen LogP contribution in [0.15, 0.2) is 36.4 Å². The predicted molar refractivity (Wildman–Crippen MR) is 172 cm³/mol. The number of piperidine rings is 1. The van der Waals surface area contributed by atoms with Crippen molar-refractivity contribution in [3.05, 3.63) is 64.6 Å². The van der Waals surface area contributed by atoms with Gasteiger partial charge in [0.05, 0.1) is 24.2 Å². The first-order valence-electron chi connectivity index (χ1n) is 16.1. The maximum atomic E-state index is 12.6. The van der Waals surface area contributed by atoms with Gasteiger partial charge in [0, 0.05) is 54.9 Å². The topological polar surface area (TPSA) is 100 Å². The van der Waals surface area contributed by atoms with Crippen molar-refractivity contribution in [2.45, 2.75) is 57.3 Å². The molecule has 7 rings (SSSR count). The zero-order valence-corrected chi connectivity index (χ0v) is 25.8. The second kappa shape index (κ2) is 12.2. The summed E-state index contributed by atoms with van der Waals surface area (Å²) < 4.78 is 6.35. The van der Waals surface area contributed by atoms with E-state index in [0.717, 1.165) is 57.0 Å². The Bertz CT molecular complexity index is 1580. The number of aryl methyl sites for hydroxylation is 1. The summed E-state index contributed by atoms with van der Waals surface area (Å²) in [6, 6.07) is 13.8. The zero-order valence-electron chi connectivity index (χ0n) is 25.8. The molecule has 0 radical (unpaired) electrons. The monoisotopic (exact) mass is 594 g/mol. The molecular weight excluding hydrogens is 552 g/mol. The lowest BCUT2D eigenvalue weighted by molar-refractivity contribution is -0.121. The lowest BCUT2D eigenvalue weighted by Crippen LogP contribution is -2.53. The SMILES string of the molecule is [C-]#[N+]C[C@H]1CN(c2nc(OC[C@@H]3CCCN3C)nc3c2CCN(c2cccc4cccc(C)c24)C3)CC[C@H]1NC(=O)[C@@H]1CN1. The highest BCUT2D eigenvalue weighted by molar-refractivity contribution is 5.97. The van der Waals surface area contributed by atoms with Crippen LogP contribution in [0, 0.1) is 19.4 Å². The van der Waals surface area contributed by atoms with Gasteiger partial charge in [0.25, 0.3) is 0 Å². The van der Waals surface area contributed by atoms with Crippen molar-refractivity contribution >= 4 is 28.2 Å². The predicted octanol–water partition coefficient (Wildman–Crippen LogP) is 3.18. The first-order valence-corrected chi connectivity index (χ1v) is 16.1. The Morgan fingerprint density at radius 3 is 2.75 bits per heavy atom. The molecule has 44 heavy (non-hydrogen) atoms. The lowest BCUT2D eigenvalue weighted by Gasteiger charge is -2.39. The number of anilines is 2. The van der Waals surface area contributed by atoms with E-state index in [1.807, 2.05) is 0 Å². The molecule has 3 saturated heterocycles. The maximum absolute atomic E-state index is 12.6. The summed E-state index contributed by atoms with van der Waals surface area (Å²) in [5.74, 6) is 1.01. The number of fused-ring (bicyclic) bond motifs is 2. The number of aromatic nitrogens is 2. The smallest absolute Gasteiger partial charge is 0.318 e. The number of hydrogen-bond donors (Lipinski definition) is 2. The number of nitrogens with zero attached hydrogens (tertiary/aromatic N) is 6. The van der Waals surface area contributed by atoms with Crippen molar-refractivity contribution in [2.24, 2.45) is 5.92 Å². The van der Waals surface area contributed by atoms with E-state index in [1.165, 1.54) is 34.0 Å². The first kappa shape index (κ1) is 28.8. The van der Waals surface area contributed by atoms with Crippen molar-refractivity contribution in [1.29, 1.82) is 0 Å². The van der Waals surface area contributed by atoms with Gasteiger partial charge in [-0.3, -0.25) is 4.79 Å². The molecule has 0 aliphatic carbocycles. The molecule has 2 aromatic carbocycles. The minimum absolute atomic E-state index is 0.00775. The highest BCUT2D eigenvalue weighted by Gasteiger charge is 2.38. The molecule has 0 unspecified atom stereocenters. The lowest BCUT2D eigenvalue weighted by atomic mass is 9.91. The molecule has 5 heterocycles. The van der Waals surface area contributed by atoms with Gasteiger partial charge in [0.2, 0.25) is 12.5 Å². The van der Waals surface area contributed by atoms with E-state index in [0.29, 0.717) is 38.3 Å². The molecule has 4 aliphatic rings. The van der Waals surface area contributed by atoms with Crippen LogP contribution in [0.3, 0.4) is 0 Å². The van der Waals surface area contributed by atoms with E-state index in [4.69, 9.17) is 21.3 Å². The van der Waals surface area contributed by atoms with Gasteiger partial charge in [-0.1, -0.05) is 30.3 Å². The Morgan fingerprint density at radius 1 is 1.14 bits per heavy atom. The van der Waals surface area contributed by atoms with E-state index in [1.54, 1.807) is 0 Å². The van der Waals surface area contributed by atoms with Crippen molar-refractivity contribution in [3.63, 3.8) is 0 Å². The van der Waals surface area contributed by atoms with Crippen LogP contribution in [0.2, 0.25) is 0 Å². The van der Waals surface area contributed by atoms with Crippen molar-refractivity contribution < 1.29 is 9.53 Å². The molecule has 1 amide bonds. The second-order valence-corrected chi connectivity index (χ2v) is 12.9. The fourth-order valence-electron chi connectivity index (χ4n) is 7.29. The summed E-state index contributed by atoms with van der Waals surface area (Å²) in [5.41, 5.74) is 4.70. The number of benzene rings is 2. The fourth-order valence-corrected chi connectivity index (χ4v) is 7.29. The number of carbonyl (C=O) groups excluding carboxylic acids is 1. The molecular formula is C34H42N8O2. The standard InChI is InChI=1S/C34H42N8O2/c1-22-7-4-8-23-9-5-11-30(31(22)23)41-15-12-26-29(20-41)38-34(44-21-25-10-6-14-40(25)3)39-32(26)42-16-13-27(24(19-42)17-35-2)37-33(43)28-18-36-28/h4-5,7-9,11,24-25,27-28,36H,6,10,12-21H2,1,3H3,(H,37,43)/t24-,25-,27+,28-/m0/s1. The molecule has 4 aliphatic heterocycles. The highest BCUT2D eigenvalue weighted by Crippen LogP contribution is 2.36. The van der Waals surface area contributed by atoms with Crippen molar-refractivity contribution in [3.8, 4) is 6.01 Å². The van der Waals surface area contributed by atoms with Crippen LogP contribution < -0.4 is 25.2 Å². The van der Waals surface area contributed by atoms with Gasteiger partial charge in [0.15, 0.2) is 0 Å². The van der Waals surface area contributed by atoms with E-state index >= 15 is 0 Å². The average Bonchev–Trinajstić information content (AvgIpc) is 3.81. The third-order valence-electron chi connectivity index (χ3n) is 9.94. The average molecular weight is 595 g/mol. The number of amides is 1. The summed E-state index contributed by atoms with van der Waals surface area (Å²) in [6.45, 7) is 15.6. The Morgan fingerprint density at radius 2 is 1.98 bits per heavy atom. The van der Waals surface area contributed by atoms with E-state index in [9.17, 15) is 4.79 Å². The van der Waals surface area contributed by atoms with Crippen LogP contribution in [0.1, 0.15) is 36.1 Å². The van der Waals surface area contributed by atoms with Gasteiger partial charge in [-0.15, -0.1) is 0 Å². The molecule has 10 nitrogen and oxygen atoms in total. The summed E-state index contributed by atoms with van der Waals surface area (Å²) >= 11 is 0. The van der Waals surface area contributed by atoms with Crippen LogP contribution in [0.4, 0.5) is 11.5 Å². The van der Waals surface area contributed by atoms with Crippen LogP contribution in [-0.2, 0) is 17.8 Å². The van der Waals surface area contributed by atoms with Gasteiger partial charge in [-0.25, -0.2) is 6.57 Å². The minimum Gasteiger partial charge on any atom is -0.462 e.